The van der Waals surface area contributed by atoms with E-state index < -0.39 is 47.5 Å². The van der Waals surface area contributed by atoms with E-state index in [2.05, 4.69) is 31.9 Å². The quantitative estimate of drug-likeness (QED) is 0.310. The molecular weight excluding hydrogens is 624 g/mol. The van der Waals surface area contributed by atoms with E-state index in [1.165, 1.54) is 6.07 Å². The number of hydrogen-bond donors (Lipinski definition) is 2. The zero-order chi connectivity index (χ0) is 25.6. The maximum Gasteiger partial charge on any atom is 0.419 e. The van der Waals surface area contributed by atoms with E-state index >= 15 is 0 Å². The molecule has 0 aromatic heterocycles. The highest BCUT2D eigenvalue weighted by atomic mass is 79.9. The molecule has 200 valence electrons. The first-order valence-electron chi connectivity index (χ1n) is 9.02. The van der Waals surface area contributed by atoms with Crippen LogP contribution in [0.4, 0.5) is 35.1 Å². The number of carboxylic acid groups (broad SMARTS) is 1. The van der Waals surface area contributed by atoms with Gasteiger partial charge in [0.2, 0.25) is 0 Å². The van der Waals surface area contributed by atoms with E-state index in [9.17, 15) is 39.9 Å². The molecule has 0 radical (unpaired) electrons. The van der Waals surface area contributed by atoms with Gasteiger partial charge in [0.25, 0.3) is 0 Å². The van der Waals surface area contributed by atoms with Crippen molar-refractivity contribution in [3.8, 4) is 0 Å². The largest absolute Gasteiger partial charge is 0.481 e. The molecule has 0 spiro atoms. The zero-order valence-corrected chi connectivity index (χ0v) is 19.6. The molecule has 0 unspecified atom stereocenters. The standard InChI is InChI=1S/C10H7BrF4O2.C10H9BrF4O.2CH4/c11-7-3-2-6(10(13,14)15)9(12)5(7)1-4-8(16)17;11-8-4-3-7(10(13,14)15)9(12)6(8)2-1-5-16;;/h2-3H,1,4H2,(H,16,17);3-4,16H,1-2,5H2;2*1H4. The second kappa shape index (κ2) is 14.7. The molecule has 35 heavy (non-hydrogen) atoms. The van der Waals surface area contributed by atoms with Crippen molar-refractivity contribution in [3.63, 3.8) is 0 Å². The lowest BCUT2D eigenvalue weighted by Crippen LogP contribution is -2.11. The molecule has 2 aromatic rings. The van der Waals surface area contributed by atoms with Crippen molar-refractivity contribution in [1.82, 2.24) is 0 Å². The average molecular weight is 648 g/mol. The minimum atomic E-state index is -4.79. The minimum Gasteiger partial charge on any atom is -0.481 e. The fourth-order valence-corrected chi connectivity index (χ4v) is 3.59. The fraction of sp³-hybridized carbons (Fsp3) is 0.409. The van der Waals surface area contributed by atoms with Crippen LogP contribution in [0.15, 0.2) is 33.2 Å². The molecule has 0 atom stereocenters. The van der Waals surface area contributed by atoms with Gasteiger partial charge in [-0.2, -0.15) is 26.3 Å². The molecular formula is C22H24Br2F8O3. The van der Waals surface area contributed by atoms with Gasteiger partial charge in [0.15, 0.2) is 0 Å². The van der Waals surface area contributed by atoms with Crippen molar-refractivity contribution in [2.75, 3.05) is 6.61 Å². The summed E-state index contributed by atoms with van der Waals surface area (Å²) >= 11 is 5.89. The van der Waals surface area contributed by atoms with E-state index in [0.29, 0.717) is 12.1 Å². The second-order valence-electron chi connectivity index (χ2n) is 6.49. The molecule has 0 aliphatic rings. The van der Waals surface area contributed by atoms with Gasteiger partial charge in [0.05, 0.1) is 11.1 Å². The molecule has 0 aliphatic carbocycles. The molecule has 2 rings (SSSR count). The van der Waals surface area contributed by atoms with Gasteiger partial charge in [-0.25, -0.2) is 8.78 Å². The lowest BCUT2D eigenvalue weighted by atomic mass is 10.0. The monoisotopic (exact) mass is 646 g/mol. The van der Waals surface area contributed by atoms with Crippen LogP contribution in [0.5, 0.6) is 0 Å². The van der Waals surface area contributed by atoms with Crippen LogP contribution in [0.2, 0.25) is 0 Å². The second-order valence-corrected chi connectivity index (χ2v) is 8.20. The van der Waals surface area contributed by atoms with Gasteiger partial charge >= 0.3 is 18.3 Å². The Kier molecular flexibility index (Phi) is 14.9. The molecule has 3 nitrogen and oxygen atoms in total. The van der Waals surface area contributed by atoms with Crippen molar-refractivity contribution in [3.05, 3.63) is 67.1 Å². The van der Waals surface area contributed by atoms with Crippen LogP contribution in [0, 0.1) is 11.6 Å². The van der Waals surface area contributed by atoms with Crippen molar-refractivity contribution < 1.29 is 50.1 Å². The van der Waals surface area contributed by atoms with Crippen LogP contribution in [0.3, 0.4) is 0 Å². The number of benzene rings is 2. The van der Waals surface area contributed by atoms with E-state index in [4.69, 9.17) is 10.2 Å². The minimum absolute atomic E-state index is 0. The first kappa shape index (κ1) is 35.4. The van der Waals surface area contributed by atoms with Gasteiger partial charge < -0.3 is 10.2 Å². The Morgan fingerprint density at radius 3 is 1.46 bits per heavy atom. The van der Waals surface area contributed by atoms with Gasteiger partial charge in [0, 0.05) is 33.1 Å². The number of halogens is 10. The number of rotatable bonds is 6. The van der Waals surface area contributed by atoms with Crippen molar-refractivity contribution >= 4 is 37.8 Å². The molecule has 0 fully saturated rings. The summed E-state index contributed by atoms with van der Waals surface area (Å²) in [6.07, 6.45) is -9.94. The molecule has 0 saturated heterocycles. The predicted molar refractivity (Wildman–Crippen MR) is 123 cm³/mol. The van der Waals surface area contributed by atoms with Gasteiger partial charge in [-0.15, -0.1) is 0 Å². The number of aliphatic hydroxyl groups excluding tert-OH is 1. The topological polar surface area (TPSA) is 57.5 Å². The predicted octanol–water partition coefficient (Wildman–Crippen LogP) is 8.43. The Morgan fingerprint density at radius 2 is 1.14 bits per heavy atom. The summed E-state index contributed by atoms with van der Waals surface area (Å²) in [5.74, 6) is -3.89. The number of alkyl halides is 6. The first-order valence-corrected chi connectivity index (χ1v) is 10.6. The Labute approximate surface area is 214 Å². The van der Waals surface area contributed by atoms with Crippen molar-refractivity contribution in [1.29, 1.82) is 0 Å². The number of carbonyl (C=O) groups is 1. The lowest BCUT2D eigenvalue weighted by Gasteiger charge is -2.12. The summed E-state index contributed by atoms with van der Waals surface area (Å²) in [5.41, 5.74) is -2.99. The fourth-order valence-electron chi connectivity index (χ4n) is 2.58. The Hall–Kier alpha value is -1.73. The number of aliphatic hydroxyl groups is 1. The summed E-state index contributed by atoms with van der Waals surface area (Å²) in [5, 5.41) is 17.0. The van der Waals surface area contributed by atoms with Gasteiger partial charge in [-0.05, 0) is 43.5 Å². The van der Waals surface area contributed by atoms with E-state index in [-0.39, 0.29) is 60.8 Å². The van der Waals surface area contributed by atoms with Crippen LogP contribution in [-0.4, -0.2) is 22.8 Å². The summed E-state index contributed by atoms with van der Waals surface area (Å²) in [6.45, 7) is -0.192. The van der Waals surface area contributed by atoms with Crippen molar-refractivity contribution in [2.24, 2.45) is 0 Å². The third-order valence-corrected chi connectivity index (χ3v) is 5.64. The SMILES string of the molecule is C.C.O=C(O)CCc1c(Br)ccc(C(F)(F)F)c1F.OCCCc1c(Br)ccc(C(F)(F)F)c1F. The van der Waals surface area contributed by atoms with Crippen LogP contribution in [0.25, 0.3) is 0 Å². The zero-order valence-electron chi connectivity index (χ0n) is 16.4. The normalized spacial score (nSPS) is 11.1. The van der Waals surface area contributed by atoms with E-state index in [1.807, 2.05) is 0 Å². The van der Waals surface area contributed by atoms with Crippen LogP contribution in [0.1, 0.15) is 49.9 Å². The highest BCUT2D eigenvalue weighted by Gasteiger charge is 2.36. The Morgan fingerprint density at radius 1 is 0.771 bits per heavy atom. The first-order chi connectivity index (χ1) is 15.1. The highest BCUT2D eigenvalue weighted by Crippen LogP contribution is 2.36. The Balaban J connectivity index is 0. The smallest absolute Gasteiger partial charge is 0.419 e. The highest BCUT2D eigenvalue weighted by molar-refractivity contribution is 9.10. The molecule has 0 aliphatic heterocycles. The molecule has 0 heterocycles. The number of hydrogen-bond acceptors (Lipinski definition) is 2. The maximum atomic E-state index is 13.5. The third kappa shape index (κ3) is 10.4. The number of aliphatic carboxylic acids is 1. The van der Waals surface area contributed by atoms with Crippen LogP contribution in [-0.2, 0) is 30.0 Å². The number of carboxylic acids is 1. The lowest BCUT2D eigenvalue weighted by molar-refractivity contribution is -0.141. The summed E-state index contributed by atoms with van der Waals surface area (Å²) in [6, 6.07) is 3.53. The van der Waals surface area contributed by atoms with E-state index in [0.717, 1.165) is 6.07 Å². The third-order valence-electron chi connectivity index (χ3n) is 4.16. The van der Waals surface area contributed by atoms with Crippen molar-refractivity contribution in [2.45, 2.75) is 52.9 Å². The van der Waals surface area contributed by atoms with Crippen LogP contribution >= 0.6 is 31.9 Å². The summed E-state index contributed by atoms with van der Waals surface area (Å²) in [7, 11) is 0. The van der Waals surface area contributed by atoms with Gasteiger partial charge in [-0.3, -0.25) is 4.79 Å². The maximum absolute atomic E-state index is 13.5. The average Bonchev–Trinajstić information content (AvgIpc) is 2.66. The Bertz CT molecular complexity index is 977. The van der Waals surface area contributed by atoms with E-state index in [1.54, 1.807) is 0 Å². The molecule has 0 saturated carbocycles. The molecule has 13 heteroatoms. The molecule has 2 N–H and O–H groups in total. The van der Waals surface area contributed by atoms with Crippen LogP contribution < -0.4 is 0 Å². The summed E-state index contributed by atoms with van der Waals surface area (Å²) in [4.78, 5) is 10.3. The molecule has 0 amide bonds. The summed E-state index contributed by atoms with van der Waals surface area (Å²) < 4.78 is 102. The molecule has 2 aromatic carbocycles. The van der Waals surface area contributed by atoms with Gasteiger partial charge in [0.1, 0.15) is 11.6 Å². The molecule has 0 bridgehead atoms. The van der Waals surface area contributed by atoms with Gasteiger partial charge in [-0.1, -0.05) is 46.7 Å².